The number of imidazole rings is 1. The molecular weight excluding hydrogens is 216 g/mol. The summed E-state index contributed by atoms with van der Waals surface area (Å²) in [6.07, 6.45) is 3.85. The molecule has 1 aliphatic carbocycles. The second-order valence-corrected chi connectivity index (χ2v) is 6.11. The predicted octanol–water partition coefficient (Wildman–Crippen LogP) is 1.65. The number of aliphatic carboxylic acids is 1. The number of rotatable bonds is 1. The van der Waals surface area contributed by atoms with Crippen LogP contribution in [0.1, 0.15) is 37.5 Å². The molecule has 1 aromatic rings. The Balaban J connectivity index is 1.95. The lowest BCUT2D eigenvalue weighted by Crippen LogP contribution is -2.25. The van der Waals surface area contributed by atoms with Crippen LogP contribution in [0.4, 0.5) is 0 Å². The van der Waals surface area contributed by atoms with E-state index in [1.54, 1.807) is 0 Å². The highest BCUT2D eigenvalue weighted by Crippen LogP contribution is 2.37. The first kappa shape index (κ1) is 10.8. The summed E-state index contributed by atoms with van der Waals surface area (Å²) in [6, 6.07) is 0. The highest BCUT2D eigenvalue weighted by molar-refractivity contribution is 5.70. The molecular formula is C13H18N2O2. The van der Waals surface area contributed by atoms with Gasteiger partial charge in [-0.3, -0.25) is 4.79 Å². The van der Waals surface area contributed by atoms with Crippen molar-refractivity contribution >= 4 is 5.97 Å². The van der Waals surface area contributed by atoms with Crippen molar-refractivity contribution < 1.29 is 9.90 Å². The number of carboxylic acid groups (broad SMARTS) is 1. The van der Waals surface area contributed by atoms with Crippen molar-refractivity contribution in [2.24, 2.45) is 11.3 Å². The zero-order chi connectivity index (χ0) is 12.2. The third kappa shape index (κ3) is 1.66. The number of carbonyl (C=O) groups is 1. The minimum Gasteiger partial charge on any atom is -0.481 e. The van der Waals surface area contributed by atoms with Crippen LogP contribution in [0.2, 0.25) is 0 Å². The molecule has 1 atom stereocenters. The summed E-state index contributed by atoms with van der Waals surface area (Å²) < 4.78 is 2.16. The van der Waals surface area contributed by atoms with Gasteiger partial charge >= 0.3 is 5.97 Å². The van der Waals surface area contributed by atoms with Crippen LogP contribution < -0.4 is 0 Å². The third-order valence-corrected chi connectivity index (χ3v) is 4.10. The largest absolute Gasteiger partial charge is 0.481 e. The fourth-order valence-electron chi connectivity index (χ4n) is 3.03. The Morgan fingerprint density at radius 1 is 1.53 bits per heavy atom. The van der Waals surface area contributed by atoms with E-state index in [1.165, 1.54) is 17.8 Å². The molecule has 0 radical (unpaired) electrons. The zero-order valence-corrected chi connectivity index (χ0v) is 10.4. The summed E-state index contributed by atoms with van der Waals surface area (Å²) in [5.41, 5.74) is 2.83. The van der Waals surface area contributed by atoms with Gasteiger partial charge in [-0.25, -0.2) is 4.98 Å². The van der Waals surface area contributed by atoms with Gasteiger partial charge in [-0.05, 0) is 24.7 Å². The van der Waals surface area contributed by atoms with Crippen molar-refractivity contribution in [2.75, 3.05) is 0 Å². The fraction of sp³-hybridized carbons (Fsp3) is 0.692. The lowest BCUT2D eigenvalue weighted by atomic mass is 9.78. The SMILES string of the molecule is CC1(C)CCc2nc3n(c2C1)CC(C(=O)O)C3. The van der Waals surface area contributed by atoms with Gasteiger partial charge in [-0.15, -0.1) is 0 Å². The van der Waals surface area contributed by atoms with Gasteiger partial charge in [-0.2, -0.15) is 0 Å². The molecule has 4 heteroatoms. The molecule has 1 unspecified atom stereocenters. The maximum absolute atomic E-state index is 11.0. The first-order valence-corrected chi connectivity index (χ1v) is 6.26. The number of hydrogen-bond acceptors (Lipinski definition) is 2. The molecule has 4 nitrogen and oxygen atoms in total. The molecule has 17 heavy (non-hydrogen) atoms. The molecule has 0 amide bonds. The summed E-state index contributed by atoms with van der Waals surface area (Å²) in [7, 11) is 0. The Morgan fingerprint density at radius 2 is 2.29 bits per heavy atom. The fourth-order valence-corrected chi connectivity index (χ4v) is 3.03. The molecule has 1 aliphatic heterocycles. The van der Waals surface area contributed by atoms with Crippen molar-refractivity contribution in [1.29, 1.82) is 0 Å². The first-order valence-electron chi connectivity index (χ1n) is 6.26. The van der Waals surface area contributed by atoms with E-state index in [1.807, 2.05) is 0 Å². The van der Waals surface area contributed by atoms with Gasteiger partial charge in [0.1, 0.15) is 5.82 Å². The van der Waals surface area contributed by atoms with E-state index in [-0.39, 0.29) is 5.92 Å². The number of fused-ring (bicyclic) bond motifs is 3. The van der Waals surface area contributed by atoms with Crippen molar-refractivity contribution in [3.8, 4) is 0 Å². The normalized spacial score (nSPS) is 25.4. The molecule has 1 N–H and O–H groups in total. The molecule has 1 aromatic heterocycles. The summed E-state index contributed by atoms with van der Waals surface area (Å²) in [6.45, 7) is 5.17. The van der Waals surface area contributed by atoms with Gasteiger partial charge in [0.15, 0.2) is 0 Å². The molecule has 0 spiro atoms. The second-order valence-electron chi connectivity index (χ2n) is 6.11. The van der Waals surface area contributed by atoms with E-state index in [4.69, 9.17) is 5.11 Å². The minimum absolute atomic E-state index is 0.271. The number of hydrogen-bond donors (Lipinski definition) is 1. The average Bonchev–Trinajstić information content (AvgIpc) is 2.75. The minimum atomic E-state index is -0.695. The van der Waals surface area contributed by atoms with E-state index in [0.717, 1.165) is 18.7 Å². The molecule has 0 fully saturated rings. The standard InChI is InChI=1S/C13H18N2O2/c1-13(2)4-3-9-10(6-13)15-7-8(12(16)17)5-11(15)14-9/h8H,3-7H2,1-2H3,(H,16,17). The molecule has 2 heterocycles. The van der Waals surface area contributed by atoms with Crippen molar-refractivity contribution in [2.45, 2.75) is 46.1 Å². The molecule has 0 saturated carbocycles. The van der Waals surface area contributed by atoms with Crippen LogP contribution in [0.15, 0.2) is 0 Å². The van der Waals surface area contributed by atoms with Crippen LogP contribution in [-0.2, 0) is 30.6 Å². The Hall–Kier alpha value is -1.32. The Kier molecular flexibility index (Phi) is 2.12. The maximum atomic E-state index is 11.0. The molecule has 92 valence electrons. The van der Waals surface area contributed by atoms with Crippen molar-refractivity contribution in [3.05, 3.63) is 17.2 Å². The molecule has 2 aliphatic rings. The molecule has 0 saturated heterocycles. The molecule has 0 aromatic carbocycles. The Morgan fingerprint density at radius 3 is 3.00 bits per heavy atom. The Bertz CT molecular complexity index is 488. The highest BCUT2D eigenvalue weighted by atomic mass is 16.4. The monoisotopic (exact) mass is 234 g/mol. The van der Waals surface area contributed by atoms with Crippen LogP contribution in [0.3, 0.4) is 0 Å². The van der Waals surface area contributed by atoms with Crippen LogP contribution in [0.25, 0.3) is 0 Å². The van der Waals surface area contributed by atoms with Gasteiger partial charge in [0.05, 0.1) is 11.6 Å². The maximum Gasteiger partial charge on any atom is 0.308 e. The lowest BCUT2D eigenvalue weighted by Gasteiger charge is -2.29. The van der Waals surface area contributed by atoms with E-state index >= 15 is 0 Å². The van der Waals surface area contributed by atoms with Crippen LogP contribution >= 0.6 is 0 Å². The van der Waals surface area contributed by atoms with Crippen molar-refractivity contribution in [3.63, 3.8) is 0 Å². The summed E-state index contributed by atoms with van der Waals surface area (Å²) >= 11 is 0. The second kappa shape index (κ2) is 3.34. The van der Waals surface area contributed by atoms with Gasteiger partial charge in [-0.1, -0.05) is 13.8 Å². The van der Waals surface area contributed by atoms with Crippen LogP contribution in [-0.4, -0.2) is 20.6 Å². The summed E-state index contributed by atoms with van der Waals surface area (Å²) in [5.74, 6) is 0.0206. The predicted molar refractivity (Wildman–Crippen MR) is 62.9 cm³/mol. The van der Waals surface area contributed by atoms with Gasteiger partial charge < -0.3 is 9.67 Å². The lowest BCUT2D eigenvalue weighted by molar-refractivity contribution is -0.141. The zero-order valence-electron chi connectivity index (χ0n) is 10.4. The highest BCUT2D eigenvalue weighted by Gasteiger charge is 2.35. The van der Waals surface area contributed by atoms with Gasteiger partial charge in [0.25, 0.3) is 0 Å². The summed E-state index contributed by atoms with van der Waals surface area (Å²) in [4.78, 5) is 15.7. The Labute approximate surface area is 101 Å². The smallest absolute Gasteiger partial charge is 0.308 e. The number of aryl methyl sites for hydroxylation is 1. The quantitative estimate of drug-likeness (QED) is 0.804. The number of carboxylic acids is 1. The molecule has 3 rings (SSSR count). The van der Waals surface area contributed by atoms with E-state index < -0.39 is 5.97 Å². The van der Waals surface area contributed by atoms with E-state index in [0.29, 0.717) is 18.4 Å². The van der Waals surface area contributed by atoms with Gasteiger partial charge in [0.2, 0.25) is 0 Å². The average molecular weight is 234 g/mol. The van der Waals surface area contributed by atoms with Crippen LogP contribution in [0.5, 0.6) is 0 Å². The molecule has 0 bridgehead atoms. The van der Waals surface area contributed by atoms with E-state index in [2.05, 4.69) is 23.4 Å². The third-order valence-electron chi connectivity index (χ3n) is 4.10. The number of aromatic nitrogens is 2. The summed E-state index contributed by atoms with van der Waals surface area (Å²) in [5, 5.41) is 9.07. The van der Waals surface area contributed by atoms with Crippen LogP contribution in [0, 0.1) is 11.3 Å². The van der Waals surface area contributed by atoms with E-state index in [9.17, 15) is 4.79 Å². The van der Waals surface area contributed by atoms with Gasteiger partial charge in [0, 0.05) is 18.7 Å². The first-order chi connectivity index (χ1) is 7.96. The topological polar surface area (TPSA) is 55.1 Å². The number of nitrogens with zero attached hydrogens (tertiary/aromatic N) is 2. The van der Waals surface area contributed by atoms with Crippen molar-refractivity contribution in [1.82, 2.24) is 9.55 Å².